The van der Waals surface area contributed by atoms with E-state index in [0.717, 1.165) is 55.3 Å². The van der Waals surface area contributed by atoms with Crippen LogP contribution in [0.1, 0.15) is 25.0 Å². The molecule has 0 unspecified atom stereocenters. The van der Waals surface area contributed by atoms with Gasteiger partial charge in [-0.15, -0.1) is 0 Å². The molecule has 0 amide bonds. The van der Waals surface area contributed by atoms with Crippen LogP contribution in [0, 0.1) is 6.57 Å². The summed E-state index contributed by atoms with van der Waals surface area (Å²) in [4.78, 5) is 18.7. The van der Waals surface area contributed by atoms with Gasteiger partial charge in [0.2, 0.25) is 0 Å². The van der Waals surface area contributed by atoms with E-state index in [1.54, 1.807) is 0 Å². The first-order valence-corrected chi connectivity index (χ1v) is 18.1. The van der Waals surface area contributed by atoms with Gasteiger partial charge < -0.3 is 4.57 Å². The Morgan fingerprint density at radius 1 is 0.463 bits per heavy atom. The van der Waals surface area contributed by atoms with Gasteiger partial charge in [0.15, 0.2) is 23.2 Å². The number of para-hydroxylation sites is 1. The SMILES string of the molecule is [C-]#[N+]c1ccc2c(c1)c1cc(-c3ccc4c(c3)C(C)(C)c3cc(-c5nc(-c6ccccc6)nc(-c6ccccc6)n5)ccc3-4)ccc1n2-c1ccccc1. The maximum atomic E-state index is 7.70. The molecule has 0 N–H and O–H groups in total. The summed E-state index contributed by atoms with van der Waals surface area (Å²) in [5, 5.41) is 2.21. The van der Waals surface area contributed by atoms with E-state index in [0.29, 0.717) is 23.2 Å². The minimum atomic E-state index is -0.258. The van der Waals surface area contributed by atoms with Crippen LogP contribution in [-0.2, 0) is 5.41 Å². The summed E-state index contributed by atoms with van der Waals surface area (Å²) < 4.78 is 2.29. The van der Waals surface area contributed by atoms with E-state index in [2.05, 4.69) is 108 Å². The smallest absolute Gasteiger partial charge is 0.188 e. The minimum absolute atomic E-state index is 0.258. The summed E-state index contributed by atoms with van der Waals surface area (Å²) in [6, 6.07) is 56.9. The van der Waals surface area contributed by atoms with E-state index in [4.69, 9.17) is 21.5 Å². The number of fused-ring (bicyclic) bond motifs is 6. The van der Waals surface area contributed by atoms with Crippen LogP contribution < -0.4 is 0 Å². The summed E-state index contributed by atoms with van der Waals surface area (Å²) in [5.74, 6) is 1.96. The highest BCUT2D eigenvalue weighted by Gasteiger charge is 2.36. The Labute approximate surface area is 313 Å². The number of rotatable bonds is 5. The van der Waals surface area contributed by atoms with Crippen LogP contribution in [0.3, 0.4) is 0 Å². The molecule has 0 fully saturated rings. The third-order valence-corrected chi connectivity index (χ3v) is 10.9. The van der Waals surface area contributed by atoms with Crippen LogP contribution in [0.2, 0.25) is 0 Å². The molecule has 0 bridgehead atoms. The van der Waals surface area contributed by atoms with E-state index >= 15 is 0 Å². The van der Waals surface area contributed by atoms with Gasteiger partial charge >= 0.3 is 0 Å². The van der Waals surface area contributed by atoms with Crippen molar-refractivity contribution in [1.29, 1.82) is 0 Å². The molecule has 1 aliphatic rings. The molecule has 0 aliphatic heterocycles. The van der Waals surface area contributed by atoms with Crippen molar-refractivity contribution in [3.05, 3.63) is 186 Å². The average molecular weight is 692 g/mol. The van der Waals surface area contributed by atoms with Crippen LogP contribution >= 0.6 is 0 Å². The van der Waals surface area contributed by atoms with Crippen molar-refractivity contribution >= 4 is 27.5 Å². The normalized spacial score (nSPS) is 12.8. The second-order valence-corrected chi connectivity index (χ2v) is 14.4. The molecule has 0 saturated carbocycles. The molecule has 0 spiro atoms. The maximum Gasteiger partial charge on any atom is 0.188 e. The maximum absolute atomic E-state index is 7.70. The molecular formula is C49H33N5. The van der Waals surface area contributed by atoms with E-state index in [-0.39, 0.29) is 5.41 Å². The molecule has 7 aromatic carbocycles. The van der Waals surface area contributed by atoms with E-state index in [9.17, 15) is 0 Å². The van der Waals surface area contributed by atoms with Crippen molar-refractivity contribution < 1.29 is 0 Å². The van der Waals surface area contributed by atoms with Gasteiger partial charge in [-0.25, -0.2) is 19.8 Å². The van der Waals surface area contributed by atoms with Gasteiger partial charge in [-0.2, -0.15) is 0 Å². The second kappa shape index (κ2) is 12.2. The molecule has 254 valence electrons. The van der Waals surface area contributed by atoms with E-state index in [1.165, 1.54) is 22.3 Å². The van der Waals surface area contributed by atoms with Crippen molar-refractivity contribution in [2.75, 3.05) is 0 Å². The fourth-order valence-corrected chi connectivity index (χ4v) is 8.11. The molecule has 0 radical (unpaired) electrons. The predicted molar refractivity (Wildman–Crippen MR) is 220 cm³/mol. The summed E-state index contributed by atoms with van der Waals surface area (Å²) in [7, 11) is 0. The summed E-state index contributed by atoms with van der Waals surface area (Å²) >= 11 is 0. The van der Waals surface area contributed by atoms with E-state index < -0.39 is 0 Å². The fourth-order valence-electron chi connectivity index (χ4n) is 8.11. The van der Waals surface area contributed by atoms with Gasteiger partial charge in [0.05, 0.1) is 17.6 Å². The van der Waals surface area contributed by atoms with Gasteiger partial charge in [-0.05, 0) is 87.3 Å². The molecule has 0 atom stereocenters. The third kappa shape index (κ3) is 5.03. The Hall–Kier alpha value is -7.16. The highest BCUT2D eigenvalue weighted by Crippen LogP contribution is 2.51. The molecule has 2 heterocycles. The minimum Gasteiger partial charge on any atom is -0.309 e. The summed E-state index contributed by atoms with van der Waals surface area (Å²) in [6.07, 6.45) is 0. The fraction of sp³-hybridized carbons (Fsp3) is 0.0612. The highest BCUT2D eigenvalue weighted by molar-refractivity contribution is 6.11. The summed E-state index contributed by atoms with van der Waals surface area (Å²) in [5.41, 5.74) is 13.9. The molecular weight excluding hydrogens is 659 g/mol. The van der Waals surface area contributed by atoms with Gasteiger partial charge in [-0.3, -0.25) is 0 Å². The lowest BCUT2D eigenvalue weighted by Gasteiger charge is -2.22. The first kappa shape index (κ1) is 31.6. The van der Waals surface area contributed by atoms with Crippen molar-refractivity contribution in [1.82, 2.24) is 19.5 Å². The number of benzene rings is 7. The monoisotopic (exact) mass is 691 g/mol. The molecule has 2 aromatic heterocycles. The zero-order chi connectivity index (χ0) is 36.4. The molecule has 5 nitrogen and oxygen atoms in total. The lowest BCUT2D eigenvalue weighted by atomic mass is 9.81. The third-order valence-electron chi connectivity index (χ3n) is 10.9. The van der Waals surface area contributed by atoms with Crippen LogP contribution in [-0.4, -0.2) is 19.5 Å². The number of hydrogen-bond acceptors (Lipinski definition) is 3. The van der Waals surface area contributed by atoms with Gasteiger partial charge in [0.25, 0.3) is 0 Å². The highest BCUT2D eigenvalue weighted by atomic mass is 15.0. The van der Waals surface area contributed by atoms with Crippen molar-refractivity contribution in [3.8, 4) is 62.1 Å². The largest absolute Gasteiger partial charge is 0.309 e. The Kier molecular flexibility index (Phi) is 7.14. The van der Waals surface area contributed by atoms with Crippen LogP contribution in [0.25, 0.3) is 88.8 Å². The van der Waals surface area contributed by atoms with Crippen molar-refractivity contribution in [2.45, 2.75) is 19.3 Å². The zero-order valence-corrected chi connectivity index (χ0v) is 29.8. The Balaban J connectivity index is 1.07. The zero-order valence-electron chi connectivity index (χ0n) is 29.8. The Bertz CT molecular complexity index is 2900. The Morgan fingerprint density at radius 3 is 1.52 bits per heavy atom. The molecule has 9 aromatic rings. The lowest BCUT2D eigenvalue weighted by molar-refractivity contribution is 0.661. The van der Waals surface area contributed by atoms with Crippen LogP contribution in [0.15, 0.2) is 164 Å². The number of nitrogens with zero attached hydrogens (tertiary/aromatic N) is 5. The van der Waals surface area contributed by atoms with Gasteiger partial charge in [0, 0.05) is 33.2 Å². The topological polar surface area (TPSA) is 48.0 Å². The van der Waals surface area contributed by atoms with Crippen LogP contribution in [0.4, 0.5) is 5.69 Å². The number of aromatic nitrogens is 4. The molecule has 1 aliphatic carbocycles. The molecule has 0 saturated heterocycles. The van der Waals surface area contributed by atoms with Crippen molar-refractivity contribution in [2.24, 2.45) is 0 Å². The first-order valence-electron chi connectivity index (χ1n) is 18.1. The van der Waals surface area contributed by atoms with Crippen LogP contribution in [0.5, 0.6) is 0 Å². The summed E-state index contributed by atoms with van der Waals surface area (Å²) in [6.45, 7) is 12.3. The van der Waals surface area contributed by atoms with Gasteiger partial charge in [0.1, 0.15) is 0 Å². The quantitative estimate of drug-likeness (QED) is 0.169. The van der Waals surface area contributed by atoms with Crippen molar-refractivity contribution in [3.63, 3.8) is 0 Å². The molecule has 5 heteroatoms. The average Bonchev–Trinajstić information content (AvgIpc) is 3.68. The predicted octanol–water partition coefficient (Wildman–Crippen LogP) is 12.5. The second-order valence-electron chi connectivity index (χ2n) is 14.4. The Morgan fingerprint density at radius 2 is 0.926 bits per heavy atom. The number of hydrogen-bond donors (Lipinski definition) is 0. The van der Waals surface area contributed by atoms with Gasteiger partial charge in [-0.1, -0.05) is 129 Å². The first-order chi connectivity index (χ1) is 26.5. The van der Waals surface area contributed by atoms with E-state index in [1.807, 2.05) is 78.9 Å². The molecule has 54 heavy (non-hydrogen) atoms. The standard InChI is InChI=1S/C49H33N5/c1-49(2)42-28-34(33-21-25-44-40(27-33)41-30-36(50-3)22-26-45(41)54(44)37-17-11-6-12-18-37)19-23-38(42)39-24-20-35(29-43(39)49)48-52-46(31-13-7-4-8-14-31)51-47(53-48)32-15-9-5-10-16-32/h4-30H,1-2H3. The lowest BCUT2D eigenvalue weighted by Crippen LogP contribution is -2.15. The molecule has 10 rings (SSSR count).